The van der Waals surface area contributed by atoms with Gasteiger partial charge in [-0.1, -0.05) is 31.9 Å². The molecule has 2 amide bonds. The monoisotopic (exact) mass is 479 g/mol. The highest BCUT2D eigenvalue weighted by atomic mass is 79.9. The quantitative estimate of drug-likeness (QED) is 0.519. The molecule has 0 spiro atoms. The van der Waals surface area contributed by atoms with Gasteiger partial charge in [-0.2, -0.15) is 5.10 Å². The van der Waals surface area contributed by atoms with Gasteiger partial charge in [0.05, 0.1) is 12.1 Å². The molecule has 2 aromatic rings. The van der Waals surface area contributed by atoms with Gasteiger partial charge in [-0.05, 0) is 42.5 Å². The van der Waals surface area contributed by atoms with Crippen LogP contribution in [0.4, 0.5) is 5.69 Å². The molecule has 1 saturated heterocycles. The van der Waals surface area contributed by atoms with Crippen LogP contribution < -0.4 is 10.3 Å². The first-order chi connectivity index (χ1) is 12.4. The normalized spacial score (nSPS) is 17.1. The fourth-order valence-corrected chi connectivity index (χ4v) is 3.28. The standard InChI is InChI=1S/C18H15Br2N3O3/c19-13-1-4-15(5-2-13)23-10-12(8-17(23)25)18(26)22-21-9-11-7-14(20)3-6-16(11)24/h1-7,9,12,24H,8,10H2,(H,22,26)/b21-9-/t12-/m1/s1. The van der Waals surface area contributed by atoms with Crippen LogP contribution in [-0.2, 0) is 9.59 Å². The number of carbonyl (C=O) groups is 2. The maximum absolute atomic E-state index is 12.3. The Hall–Kier alpha value is -2.19. The molecule has 1 aliphatic rings. The van der Waals surface area contributed by atoms with E-state index >= 15 is 0 Å². The molecule has 2 aromatic carbocycles. The first-order valence-electron chi connectivity index (χ1n) is 7.81. The molecule has 1 atom stereocenters. The van der Waals surface area contributed by atoms with E-state index in [1.54, 1.807) is 17.0 Å². The summed E-state index contributed by atoms with van der Waals surface area (Å²) in [5.74, 6) is -0.840. The van der Waals surface area contributed by atoms with Crippen molar-refractivity contribution in [2.75, 3.05) is 11.4 Å². The molecule has 1 fully saturated rings. The number of carbonyl (C=O) groups excluding carboxylic acids is 2. The van der Waals surface area contributed by atoms with Gasteiger partial charge in [-0.3, -0.25) is 9.59 Å². The molecule has 26 heavy (non-hydrogen) atoms. The third-order valence-electron chi connectivity index (χ3n) is 4.00. The minimum absolute atomic E-state index is 0.0589. The molecule has 0 aromatic heterocycles. The second kappa shape index (κ2) is 8.01. The lowest BCUT2D eigenvalue weighted by molar-refractivity contribution is -0.126. The summed E-state index contributed by atoms with van der Waals surface area (Å²) in [4.78, 5) is 26.1. The number of nitrogens with one attached hydrogen (secondary N) is 1. The van der Waals surface area contributed by atoms with E-state index in [-0.39, 0.29) is 24.0 Å². The Balaban J connectivity index is 1.62. The summed E-state index contributed by atoms with van der Waals surface area (Å²) in [7, 11) is 0. The molecule has 3 rings (SSSR count). The smallest absolute Gasteiger partial charge is 0.245 e. The van der Waals surface area contributed by atoms with Crippen LogP contribution in [0.1, 0.15) is 12.0 Å². The highest BCUT2D eigenvalue weighted by Crippen LogP contribution is 2.26. The molecular formula is C18H15Br2N3O3. The number of benzene rings is 2. The molecule has 8 heteroatoms. The predicted octanol–water partition coefficient (Wildman–Crippen LogP) is 3.42. The van der Waals surface area contributed by atoms with Crippen LogP contribution in [-0.4, -0.2) is 29.7 Å². The summed E-state index contributed by atoms with van der Waals surface area (Å²) in [6.45, 7) is 0.309. The van der Waals surface area contributed by atoms with Crippen molar-refractivity contribution in [2.45, 2.75) is 6.42 Å². The average Bonchev–Trinajstić information content (AvgIpc) is 3.00. The van der Waals surface area contributed by atoms with Crippen molar-refractivity contribution in [3.8, 4) is 5.75 Å². The number of anilines is 1. The summed E-state index contributed by atoms with van der Waals surface area (Å²) < 4.78 is 1.71. The lowest BCUT2D eigenvalue weighted by Crippen LogP contribution is -2.30. The summed E-state index contributed by atoms with van der Waals surface area (Å²) >= 11 is 6.66. The maximum atomic E-state index is 12.3. The SMILES string of the molecule is O=C(N/N=C\c1cc(Br)ccc1O)[C@@H]1CC(=O)N(c2ccc(Br)cc2)C1. The van der Waals surface area contributed by atoms with Gasteiger partial charge in [0, 0.05) is 33.2 Å². The molecule has 1 aliphatic heterocycles. The number of phenols is 1. The number of halogens is 2. The molecule has 0 aliphatic carbocycles. The van der Waals surface area contributed by atoms with Gasteiger partial charge in [0.25, 0.3) is 0 Å². The van der Waals surface area contributed by atoms with Crippen LogP contribution in [0.2, 0.25) is 0 Å². The van der Waals surface area contributed by atoms with E-state index in [9.17, 15) is 14.7 Å². The van der Waals surface area contributed by atoms with Crippen LogP contribution >= 0.6 is 31.9 Å². The van der Waals surface area contributed by atoms with Crippen LogP contribution in [0.5, 0.6) is 5.75 Å². The van der Waals surface area contributed by atoms with Gasteiger partial charge < -0.3 is 10.0 Å². The van der Waals surface area contributed by atoms with E-state index in [1.807, 2.05) is 24.3 Å². The zero-order chi connectivity index (χ0) is 18.7. The van der Waals surface area contributed by atoms with Crippen molar-refractivity contribution >= 4 is 55.6 Å². The van der Waals surface area contributed by atoms with Gasteiger partial charge >= 0.3 is 0 Å². The minimum Gasteiger partial charge on any atom is -0.507 e. The Kier molecular flexibility index (Phi) is 5.73. The Morgan fingerprint density at radius 2 is 1.88 bits per heavy atom. The molecule has 1 heterocycles. The van der Waals surface area contributed by atoms with E-state index in [0.717, 1.165) is 14.6 Å². The summed E-state index contributed by atoms with van der Waals surface area (Å²) in [5.41, 5.74) is 3.67. The number of phenolic OH excluding ortho intramolecular Hbond substituents is 1. The summed E-state index contributed by atoms with van der Waals surface area (Å²) in [6.07, 6.45) is 1.50. The fourth-order valence-electron chi connectivity index (χ4n) is 2.64. The predicted molar refractivity (Wildman–Crippen MR) is 106 cm³/mol. The number of aromatic hydroxyl groups is 1. The number of hydrogen-bond acceptors (Lipinski definition) is 4. The van der Waals surface area contributed by atoms with E-state index < -0.39 is 5.92 Å². The molecule has 0 bridgehead atoms. The van der Waals surface area contributed by atoms with Crippen molar-refractivity contribution in [3.63, 3.8) is 0 Å². The highest BCUT2D eigenvalue weighted by molar-refractivity contribution is 9.10. The number of amides is 2. The molecule has 0 unspecified atom stereocenters. The first-order valence-corrected chi connectivity index (χ1v) is 9.40. The zero-order valence-electron chi connectivity index (χ0n) is 13.5. The zero-order valence-corrected chi connectivity index (χ0v) is 16.7. The van der Waals surface area contributed by atoms with Gasteiger partial charge in [0.2, 0.25) is 11.8 Å². The van der Waals surface area contributed by atoms with Gasteiger partial charge in [0.15, 0.2) is 0 Å². The Morgan fingerprint density at radius 3 is 2.62 bits per heavy atom. The topological polar surface area (TPSA) is 82.0 Å². The number of nitrogens with zero attached hydrogens (tertiary/aromatic N) is 2. The Morgan fingerprint density at radius 1 is 1.19 bits per heavy atom. The van der Waals surface area contributed by atoms with Crippen LogP contribution in [0.3, 0.4) is 0 Å². The maximum Gasteiger partial charge on any atom is 0.245 e. The van der Waals surface area contributed by atoms with Crippen LogP contribution in [0.15, 0.2) is 56.5 Å². The second-order valence-corrected chi connectivity index (χ2v) is 7.65. The lowest BCUT2D eigenvalue weighted by atomic mass is 10.1. The second-order valence-electron chi connectivity index (χ2n) is 5.82. The van der Waals surface area contributed by atoms with E-state index in [1.165, 1.54) is 12.3 Å². The van der Waals surface area contributed by atoms with Crippen LogP contribution in [0, 0.1) is 5.92 Å². The minimum atomic E-state index is -0.473. The third-order valence-corrected chi connectivity index (χ3v) is 5.02. The number of hydrogen-bond donors (Lipinski definition) is 2. The Labute approximate surface area is 167 Å². The highest BCUT2D eigenvalue weighted by Gasteiger charge is 2.35. The molecule has 0 saturated carbocycles. The number of hydrazone groups is 1. The molecule has 6 nitrogen and oxygen atoms in total. The molecule has 0 radical (unpaired) electrons. The van der Waals surface area contributed by atoms with E-state index in [2.05, 4.69) is 42.4 Å². The average molecular weight is 481 g/mol. The van der Waals surface area contributed by atoms with Crippen molar-refractivity contribution in [2.24, 2.45) is 11.0 Å². The Bertz CT molecular complexity index is 868. The first kappa shape index (κ1) is 18.6. The van der Waals surface area contributed by atoms with Crippen molar-refractivity contribution in [1.82, 2.24) is 5.43 Å². The van der Waals surface area contributed by atoms with Crippen LogP contribution in [0.25, 0.3) is 0 Å². The fraction of sp³-hybridized carbons (Fsp3) is 0.167. The van der Waals surface area contributed by atoms with Gasteiger partial charge in [-0.25, -0.2) is 5.43 Å². The van der Waals surface area contributed by atoms with E-state index in [0.29, 0.717) is 12.1 Å². The molecule has 134 valence electrons. The number of rotatable bonds is 4. The molecule has 2 N–H and O–H groups in total. The van der Waals surface area contributed by atoms with Crippen molar-refractivity contribution in [1.29, 1.82) is 0 Å². The lowest BCUT2D eigenvalue weighted by Gasteiger charge is -2.16. The van der Waals surface area contributed by atoms with Gasteiger partial charge in [-0.15, -0.1) is 0 Å². The van der Waals surface area contributed by atoms with Crippen molar-refractivity contribution < 1.29 is 14.7 Å². The molecular weight excluding hydrogens is 466 g/mol. The summed E-state index contributed by atoms with van der Waals surface area (Å²) in [6, 6.07) is 12.3. The van der Waals surface area contributed by atoms with E-state index in [4.69, 9.17) is 0 Å². The van der Waals surface area contributed by atoms with Gasteiger partial charge in [0.1, 0.15) is 5.75 Å². The third kappa shape index (κ3) is 4.31. The van der Waals surface area contributed by atoms with Crippen molar-refractivity contribution in [3.05, 3.63) is 57.0 Å². The largest absolute Gasteiger partial charge is 0.507 e. The summed E-state index contributed by atoms with van der Waals surface area (Å²) in [5, 5.41) is 13.6.